The van der Waals surface area contributed by atoms with E-state index in [0.717, 1.165) is 28.5 Å². The first-order valence-corrected chi connectivity index (χ1v) is 14.7. The molecule has 1 aromatic heterocycles. The van der Waals surface area contributed by atoms with E-state index in [1.54, 1.807) is 11.3 Å². The number of phenolic OH excluding ortho intramolecular Hbond substituents is 1. The highest BCUT2D eigenvalue weighted by atomic mass is 32.1. The van der Waals surface area contributed by atoms with Crippen LogP contribution in [0.3, 0.4) is 0 Å². The van der Waals surface area contributed by atoms with Crippen LogP contribution in [-0.2, 0) is 17.3 Å². The Morgan fingerprint density at radius 3 is 1.97 bits per heavy atom. The van der Waals surface area contributed by atoms with Crippen molar-refractivity contribution in [2.24, 2.45) is 0 Å². The number of aromatic hydroxyl groups is 1. The van der Waals surface area contributed by atoms with E-state index in [0.29, 0.717) is 12.2 Å². The second kappa shape index (κ2) is 8.39. The molecule has 1 N–H and O–H groups in total. The van der Waals surface area contributed by atoms with E-state index in [-0.39, 0.29) is 16.6 Å². The Kier molecular flexibility index (Phi) is 6.91. The summed E-state index contributed by atoms with van der Waals surface area (Å²) in [5, 5.41) is 10.9. The largest absolute Gasteiger partial charge is 0.507 e. The van der Waals surface area contributed by atoms with Crippen LogP contribution in [-0.4, -0.2) is 19.0 Å². The molecule has 29 heavy (non-hydrogen) atoms. The van der Waals surface area contributed by atoms with Crippen molar-refractivity contribution in [2.75, 3.05) is 0 Å². The molecule has 2 nitrogen and oxygen atoms in total. The summed E-state index contributed by atoms with van der Waals surface area (Å²) in [6, 6.07) is 9.73. The molecule has 0 radical (unpaired) electrons. The Bertz CT molecular complexity index is 844. The molecule has 1 aromatic carbocycles. The van der Waals surface area contributed by atoms with Crippen LogP contribution in [0.15, 0.2) is 24.3 Å². The maximum absolute atomic E-state index is 12.0. The summed E-state index contributed by atoms with van der Waals surface area (Å²) in [6.07, 6.45) is 1.57. The monoisotopic (exact) mass is 430 g/mol. The molecule has 0 aliphatic carbocycles. The van der Waals surface area contributed by atoms with Crippen LogP contribution >= 0.6 is 11.3 Å². The molecule has 2 rings (SSSR count). The van der Waals surface area contributed by atoms with Crippen LogP contribution < -0.4 is 4.50 Å². The zero-order valence-electron chi connectivity index (χ0n) is 19.7. The number of aryl methyl sites for hydroxylation is 1. The van der Waals surface area contributed by atoms with Gasteiger partial charge in [0.2, 0.25) is 0 Å². The Morgan fingerprint density at radius 1 is 1.00 bits per heavy atom. The Morgan fingerprint density at radius 2 is 1.52 bits per heavy atom. The molecule has 4 heteroatoms. The van der Waals surface area contributed by atoms with Crippen molar-refractivity contribution in [3.05, 3.63) is 45.8 Å². The van der Waals surface area contributed by atoms with Gasteiger partial charge in [-0.2, -0.15) is 0 Å². The molecule has 0 spiro atoms. The minimum absolute atomic E-state index is 0.101. The number of benzene rings is 1. The van der Waals surface area contributed by atoms with E-state index in [1.165, 1.54) is 10.1 Å². The van der Waals surface area contributed by atoms with Gasteiger partial charge in [0.1, 0.15) is 5.75 Å². The SMILES string of the molecule is CCC(=O)c1ccc([Si](C)(C)CCc2cc(C(C)(C)C)c(O)c(C(C)(C)C)c2)s1. The van der Waals surface area contributed by atoms with Gasteiger partial charge in [0.15, 0.2) is 5.78 Å². The summed E-state index contributed by atoms with van der Waals surface area (Å²) < 4.78 is 1.40. The lowest BCUT2D eigenvalue weighted by molar-refractivity contribution is 0.0992. The summed E-state index contributed by atoms with van der Waals surface area (Å²) in [7, 11) is -1.64. The highest BCUT2D eigenvalue weighted by Crippen LogP contribution is 2.40. The fraction of sp³-hybridized carbons (Fsp3) is 0.560. The minimum atomic E-state index is -1.64. The maximum Gasteiger partial charge on any atom is 0.172 e. The third kappa shape index (κ3) is 5.61. The van der Waals surface area contributed by atoms with Gasteiger partial charge in [0.25, 0.3) is 0 Å². The van der Waals surface area contributed by atoms with Crippen molar-refractivity contribution in [2.45, 2.75) is 91.3 Å². The molecule has 0 aliphatic heterocycles. The quantitative estimate of drug-likeness (QED) is 0.404. The summed E-state index contributed by atoms with van der Waals surface area (Å²) in [5.41, 5.74) is 3.17. The average molecular weight is 431 g/mol. The minimum Gasteiger partial charge on any atom is -0.507 e. The summed E-state index contributed by atoms with van der Waals surface area (Å²) in [5.74, 6) is 0.695. The lowest BCUT2D eigenvalue weighted by atomic mass is 9.78. The molecule has 160 valence electrons. The van der Waals surface area contributed by atoms with Crippen LogP contribution in [0.4, 0.5) is 0 Å². The predicted octanol–water partition coefficient (Wildman–Crippen LogP) is 6.80. The molecule has 0 aliphatic rings. The first-order valence-electron chi connectivity index (χ1n) is 10.7. The maximum atomic E-state index is 12.0. The third-order valence-corrected chi connectivity index (χ3v) is 11.6. The topological polar surface area (TPSA) is 37.3 Å². The standard InChI is InChI=1S/C25H38O2SSi/c1-10-20(26)21-11-12-22(28-21)29(8,9)14-13-17-15-18(24(2,3)4)23(27)19(16-17)25(5,6)7/h11-12,15-16,27H,10,13-14H2,1-9H3. The van der Waals surface area contributed by atoms with E-state index >= 15 is 0 Å². The average Bonchev–Trinajstić information content (AvgIpc) is 3.09. The molecule has 0 atom stereocenters. The van der Waals surface area contributed by atoms with E-state index in [1.807, 2.05) is 13.0 Å². The molecule has 0 amide bonds. The summed E-state index contributed by atoms with van der Waals surface area (Å²) in [6.45, 7) is 19.7. The van der Waals surface area contributed by atoms with E-state index in [9.17, 15) is 9.90 Å². The smallest absolute Gasteiger partial charge is 0.172 e. The Labute approximate surface area is 182 Å². The van der Waals surface area contributed by atoms with Crippen molar-refractivity contribution >= 4 is 29.7 Å². The number of Topliss-reactive ketones (excluding diaryl/α,β-unsaturated/α-hetero) is 1. The molecule has 0 saturated carbocycles. The lowest BCUT2D eigenvalue weighted by Crippen LogP contribution is -2.39. The Balaban J connectivity index is 2.34. The van der Waals surface area contributed by atoms with Gasteiger partial charge in [0, 0.05) is 6.42 Å². The fourth-order valence-electron chi connectivity index (χ4n) is 3.59. The van der Waals surface area contributed by atoms with E-state index < -0.39 is 8.07 Å². The van der Waals surface area contributed by atoms with Crippen LogP contribution in [0.5, 0.6) is 5.75 Å². The highest BCUT2D eigenvalue weighted by molar-refractivity contribution is 7.27. The van der Waals surface area contributed by atoms with Crippen LogP contribution in [0.2, 0.25) is 19.1 Å². The Hall–Kier alpha value is -1.39. The highest BCUT2D eigenvalue weighted by Gasteiger charge is 2.29. The van der Waals surface area contributed by atoms with Gasteiger partial charge in [-0.25, -0.2) is 0 Å². The molecular formula is C25H38O2SSi. The van der Waals surface area contributed by atoms with Crippen molar-refractivity contribution in [3.8, 4) is 5.75 Å². The van der Waals surface area contributed by atoms with Gasteiger partial charge < -0.3 is 5.11 Å². The van der Waals surface area contributed by atoms with Gasteiger partial charge in [-0.15, -0.1) is 11.3 Å². The fourth-order valence-corrected chi connectivity index (χ4v) is 7.79. The summed E-state index contributed by atoms with van der Waals surface area (Å²) in [4.78, 5) is 12.9. The molecule has 0 saturated heterocycles. The number of ketones is 1. The molecule has 0 fully saturated rings. The zero-order chi connectivity index (χ0) is 22.2. The number of phenols is 1. The number of hydrogen-bond donors (Lipinski definition) is 1. The second-order valence-corrected chi connectivity index (χ2v) is 17.1. The first kappa shape index (κ1) is 23.9. The van der Waals surface area contributed by atoms with Gasteiger partial charge in [-0.05, 0) is 50.6 Å². The van der Waals surface area contributed by atoms with Crippen molar-refractivity contribution in [3.63, 3.8) is 0 Å². The molecule has 0 unspecified atom stereocenters. The van der Waals surface area contributed by atoms with Crippen LogP contribution in [0, 0.1) is 0 Å². The molecule has 2 aromatic rings. The number of carbonyl (C=O) groups is 1. The van der Waals surface area contributed by atoms with Gasteiger partial charge in [-0.3, -0.25) is 4.79 Å². The van der Waals surface area contributed by atoms with Crippen molar-refractivity contribution < 1.29 is 9.90 Å². The number of carbonyl (C=O) groups excluding carboxylic acids is 1. The van der Waals surface area contributed by atoms with E-state index in [2.05, 4.69) is 72.8 Å². The first-order chi connectivity index (χ1) is 13.2. The summed E-state index contributed by atoms with van der Waals surface area (Å²) >= 11 is 1.70. The van der Waals surface area contributed by atoms with Crippen molar-refractivity contribution in [1.29, 1.82) is 0 Å². The number of rotatable bonds is 6. The van der Waals surface area contributed by atoms with Crippen LogP contribution in [0.1, 0.15) is 81.2 Å². The normalized spacial score (nSPS) is 13.0. The second-order valence-electron chi connectivity index (χ2n) is 10.9. The lowest BCUT2D eigenvalue weighted by Gasteiger charge is -2.29. The van der Waals surface area contributed by atoms with Gasteiger partial charge in [-0.1, -0.05) is 79.8 Å². The van der Waals surface area contributed by atoms with Crippen molar-refractivity contribution in [1.82, 2.24) is 0 Å². The third-order valence-electron chi connectivity index (χ3n) is 5.69. The molecular weight excluding hydrogens is 392 g/mol. The number of thiophene rings is 1. The molecule has 0 bridgehead atoms. The van der Waals surface area contributed by atoms with Gasteiger partial charge in [0.05, 0.1) is 13.0 Å². The zero-order valence-corrected chi connectivity index (χ0v) is 21.5. The molecule has 1 heterocycles. The van der Waals surface area contributed by atoms with Gasteiger partial charge >= 0.3 is 0 Å². The van der Waals surface area contributed by atoms with E-state index in [4.69, 9.17) is 0 Å². The van der Waals surface area contributed by atoms with Crippen LogP contribution in [0.25, 0.3) is 0 Å². The number of hydrogen-bond acceptors (Lipinski definition) is 3. The predicted molar refractivity (Wildman–Crippen MR) is 130 cm³/mol.